The molecule has 1 aromatic heterocycles. The third-order valence-electron chi connectivity index (χ3n) is 1.42. The van der Waals surface area contributed by atoms with Gasteiger partial charge in [-0.2, -0.15) is 5.10 Å². The zero-order chi connectivity index (χ0) is 9.68. The first-order valence-corrected chi connectivity index (χ1v) is 5.17. The molecule has 2 N–H and O–H groups in total. The van der Waals surface area contributed by atoms with Gasteiger partial charge in [-0.05, 0) is 30.6 Å². The van der Waals surface area contributed by atoms with E-state index in [9.17, 15) is 0 Å². The number of thiophene rings is 1. The van der Waals surface area contributed by atoms with Crippen LogP contribution in [0.4, 0.5) is 0 Å². The van der Waals surface area contributed by atoms with Crippen molar-refractivity contribution in [2.45, 2.75) is 6.92 Å². The second-order valence-corrected chi connectivity index (χ2v) is 3.71. The van der Waals surface area contributed by atoms with Crippen molar-refractivity contribution in [2.24, 2.45) is 10.8 Å². The number of nitrogens with two attached hydrogens (primary N) is 1. The molecule has 0 amide bonds. The molecule has 0 fully saturated rings. The fourth-order valence-electron chi connectivity index (χ4n) is 0.786. The van der Waals surface area contributed by atoms with E-state index >= 15 is 0 Å². The molecule has 1 aromatic rings. The highest BCUT2D eigenvalue weighted by molar-refractivity contribution is 7.80. The van der Waals surface area contributed by atoms with Gasteiger partial charge in [0.2, 0.25) is 0 Å². The van der Waals surface area contributed by atoms with Gasteiger partial charge in [0.25, 0.3) is 0 Å². The summed E-state index contributed by atoms with van der Waals surface area (Å²) in [5.41, 5.74) is 5.43. The number of nitrogens with zero attached hydrogens (tertiary/aromatic N) is 2. The van der Waals surface area contributed by atoms with Crippen LogP contribution in [0.2, 0.25) is 0 Å². The SMILES string of the molecule is CCN(/N=C/c1cccs1)C(N)=S. The number of thiocarbonyl (C=S) groups is 1. The molecule has 1 heterocycles. The van der Waals surface area contributed by atoms with Crippen molar-refractivity contribution in [2.75, 3.05) is 6.54 Å². The van der Waals surface area contributed by atoms with E-state index in [1.807, 2.05) is 24.4 Å². The summed E-state index contributed by atoms with van der Waals surface area (Å²) < 4.78 is 0. The maximum atomic E-state index is 5.43. The highest BCUT2D eigenvalue weighted by atomic mass is 32.1. The number of hydrazone groups is 1. The lowest BCUT2D eigenvalue weighted by Crippen LogP contribution is -2.30. The third-order valence-corrected chi connectivity index (χ3v) is 2.44. The fourth-order valence-corrected chi connectivity index (χ4v) is 1.54. The summed E-state index contributed by atoms with van der Waals surface area (Å²) in [7, 11) is 0. The molecular weight excluding hydrogens is 202 g/mol. The summed E-state index contributed by atoms with van der Waals surface area (Å²) in [5, 5.41) is 8.01. The first-order valence-electron chi connectivity index (χ1n) is 3.88. The van der Waals surface area contributed by atoms with Gasteiger partial charge < -0.3 is 5.73 Å². The molecule has 3 nitrogen and oxygen atoms in total. The maximum absolute atomic E-state index is 5.43. The lowest BCUT2D eigenvalue weighted by atomic mass is 10.5. The Bertz CT molecular complexity index is 292. The first kappa shape index (κ1) is 10.1. The average molecular weight is 213 g/mol. The van der Waals surface area contributed by atoms with Crippen molar-refractivity contribution in [3.8, 4) is 0 Å². The molecule has 13 heavy (non-hydrogen) atoms. The molecule has 0 atom stereocenters. The van der Waals surface area contributed by atoms with Gasteiger partial charge >= 0.3 is 0 Å². The van der Waals surface area contributed by atoms with Gasteiger partial charge in [-0.3, -0.25) is 0 Å². The zero-order valence-corrected chi connectivity index (χ0v) is 8.94. The minimum Gasteiger partial charge on any atom is -0.375 e. The number of hydrogen-bond acceptors (Lipinski definition) is 3. The van der Waals surface area contributed by atoms with E-state index in [2.05, 4.69) is 5.10 Å². The van der Waals surface area contributed by atoms with Gasteiger partial charge in [0.05, 0.1) is 6.21 Å². The summed E-state index contributed by atoms with van der Waals surface area (Å²) in [6, 6.07) is 3.96. The molecule has 0 saturated carbocycles. The van der Waals surface area contributed by atoms with E-state index in [1.54, 1.807) is 22.6 Å². The Balaban J connectivity index is 2.61. The summed E-state index contributed by atoms with van der Waals surface area (Å²) >= 11 is 6.43. The molecule has 0 unspecified atom stereocenters. The van der Waals surface area contributed by atoms with Crippen LogP contribution >= 0.6 is 23.6 Å². The fraction of sp³-hybridized carbons (Fsp3) is 0.250. The van der Waals surface area contributed by atoms with E-state index in [4.69, 9.17) is 18.0 Å². The maximum Gasteiger partial charge on any atom is 0.186 e. The van der Waals surface area contributed by atoms with Gasteiger partial charge in [0, 0.05) is 11.4 Å². The topological polar surface area (TPSA) is 41.6 Å². The van der Waals surface area contributed by atoms with Gasteiger partial charge in [-0.15, -0.1) is 11.3 Å². The van der Waals surface area contributed by atoms with Crippen molar-refractivity contribution in [1.29, 1.82) is 0 Å². The molecule has 70 valence electrons. The molecule has 0 aromatic carbocycles. The van der Waals surface area contributed by atoms with E-state index in [0.717, 1.165) is 4.88 Å². The van der Waals surface area contributed by atoms with Gasteiger partial charge in [0.1, 0.15) is 0 Å². The van der Waals surface area contributed by atoms with Crippen molar-refractivity contribution >= 4 is 34.9 Å². The van der Waals surface area contributed by atoms with Crippen molar-refractivity contribution in [1.82, 2.24) is 5.01 Å². The van der Waals surface area contributed by atoms with Gasteiger partial charge in [0.15, 0.2) is 5.11 Å². The Labute approximate surface area is 86.9 Å². The number of rotatable bonds is 3. The third kappa shape index (κ3) is 3.12. The van der Waals surface area contributed by atoms with E-state index in [-0.39, 0.29) is 0 Å². The van der Waals surface area contributed by atoms with Crippen LogP contribution in [-0.2, 0) is 0 Å². The molecular formula is C8H11N3S2. The Hall–Kier alpha value is -0.940. The van der Waals surface area contributed by atoms with Crippen molar-refractivity contribution < 1.29 is 0 Å². The quantitative estimate of drug-likeness (QED) is 0.471. The molecule has 0 saturated heterocycles. The summed E-state index contributed by atoms with van der Waals surface area (Å²) in [5.74, 6) is 0. The lowest BCUT2D eigenvalue weighted by Gasteiger charge is -2.12. The summed E-state index contributed by atoms with van der Waals surface area (Å²) in [6.45, 7) is 2.64. The number of hydrogen-bond donors (Lipinski definition) is 1. The normalized spacial score (nSPS) is 10.5. The zero-order valence-electron chi connectivity index (χ0n) is 7.30. The molecule has 1 rings (SSSR count). The van der Waals surface area contributed by atoms with Crippen molar-refractivity contribution in [3.63, 3.8) is 0 Å². The van der Waals surface area contributed by atoms with Crippen LogP contribution in [0, 0.1) is 0 Å². The van der Waals surface area contributed by atoms with Gasteiger partial charge in [-0.25, -0.2) is 5.01 Å². The largest absolute Gasteiger partial charge is 0.375 e. The molecule has 0 aliphatic heterocycles. The van der Waals surface area contributed by atoms with E-state index in [0.29, 0.717) is 11.7 Å². The Kier molecular flexibility index (Phi) is 3.85. The van der Waals surface area contributed by atoms with Crippen LogP contribution in [0.3, 0.4) is 0 Å². The smallest absolute Gasteiger partial charge is 0.186 e. The summed E-state index contributed by atoms with van der Waals surface area (Å²) in [4.78, 5) is 1.09. The molecule has 5 heteroatoms. The minimum absolute atomic E-state index is 0.301. The Morgan fingerprint density at radius 1 is 1.85 bits per heavy atom. The highest BCUT2D eigenvalue weighted by Crippen LogP contribution is 2.05. The highest BCUT2D eigenvalue weighted by Gasteiger charge is 1.98. The van der Waals surface area contributed by atoms with Crippen LogP contribution in [0.15, 0.2) is 22.6 Å². The van der Waals surface area contributed by atoms with Crippen LogP contribution < -0.4 is 5.73 Å². The van der Waals surface area contributed by atoms with Crippen molar-refractivity contribution in [3.05, 3.63) is 22.4 Å². The molecule has 0 aliphatic carbocycles. The average Bonchev–Trinajstić information content (AvgIpc) is 2.57. The second-order valence-electron chi connectivity index (χ2n) is 2.31. The Morgan fingerprint density at radius 2 is 2.62 bits per heavy atom. The first-order chi connectivity index (χ1) is 6.24. The summed E-state index contributed by atoms with van der Waals surface area (Å²) in [6.07, 6.45) is 1.76. The minimum atomic E-state index is 0.301. The molecule has 0 radical (unpaired) electrons. The van der Waals surface area contributed by atoms with Crippen LogP contribution in [0.5, 0.6) is 0 Å². The van der Waals surface area contributed by atoms with Gasteiger partial charge in [-0.1, -0.05) is 6.07 Å². The standard InChI is InChI=1S/C8H11N3S2/c1-2-11(8(9)12)10-6-7-4-3-5-13-7/h3-6H,2H2,1H3,(H2,9,12)/b10-6+. The predicted octanol–water partition coefficient (Wildman–Crippen LogP) is 1.65. The Morgan fingerprint density at radius 3 is 3.08 bits per heavy atom. The van der Waals surface area contributed by atoms with E-state index < -0.39 is 0 Å². The van der Waals surface area contributed by atoms with E-state index in [1.165, 1.54) is 0 Å². The van der Waals surface area contributed by atoms with Crippen LogP contribution in [0.25, 0.3) is 0 Å². The lowest BCUT2D eigenvalue weighted by molar-refractivity contribution is 0.477. The van der Waals surface area contributed by atoms with Crippen LogP contribution in [-0.4, -0.2) is 22.9 Å². The van der Waals surface area contributed by atoms with Crippen LogP contribution in [0.1, 0.15) is 11.8 Å². The molecule has 0 aliphatic rings. The second kappa shape index (κ2) is 4.94. The molecule has 0 spiro atoms. The molecule has 0 bridgehead atoms. The predicted molar refractivity (Wildman–Crippen MR) is 61.1 cm³/mol. The monoisotopic (exact) mass is 213 g/mol.